The van der Waals surface area contributed by atoms with Gasteiger partial charge in [0, 0.05) is 37.0 Å². The van der Waals surface area contributed by atoms with Crippen LogP contribution in [-0.4, -0.2) is 38.7 Å². The number of carbonyl (C=O) groups excluding carboxylic acids is 1. The van der Waals surface area contributed by atoms with Crippen LogP contribution in [0.2, 0.25) is 0 Å². The molecule has 2 aromatic carbocycles. The predicted molar refractivity (Wildman–Crippen MR) is 118 cm³/mol. The summed E-state index contributed by atoms with van der Waals surface area (Å²) in [6, 6.07) is 16.1. The van der Waals surface area contributed by atoms with Crippen molar-refractivity contribution in [2.75, 3.05) is 13.1 Å². The van der Waals surface area contributed by atoms with Crippen LogP contribution in [0.3, 0.4) is 0 Å². The van der Waals surface area contributed by atoms with Crippen LogP contribution in [-0.2, 0) is 11.3 Å². The van der Waals surface area contributed by atoms with Crippen LogP contribution in [0.1, 0.15) is 19.8 Å². The number of aromatic nitrogens is 3. The predicted octanol–water partition coefficient (Wildman–Crippen LogP) is 3.91. The molecule has 1 fully saturated rings. The Hall–Kier alpha value is -3.61. The number of nitrogens with one attached hydrogen (secondary N) is 1. The van der Waals surface area contributed by atoms with Gasteiger partial charge in [-0.1, -0.05) is 37.3 Å². The van der Waals surface area contributed by atoms with E-state index >= 15 is 0 Å². The molecule has 0 aliphatic carbocycles. The fourth-order valence-corrected chi connectivity index (χ4v) is 4.36. The molecule has 1 amide bonds. The zero-order valence-corrected chi connectivity index (χ0v) is 17.4. The van der Waals surface area contributed by atoms with E-state index < -0.39 is 0 Å². The molecule has 5 rings (SSSR count). The SMILES string of the molecule is CCC(=O)N1CCC(Cn2c(-c3ccc(-c4ccc5occc5c4)cc3)n[nH]c2=O)C1. The molecular formula is C24H24N4O3. The quantitative estimate of drug-likeness (QED) is 0.535. The lowest BCUT2D eigenvalue weighted by Gasteiger charge is -2.16. The minimum atomic E-state index is -0.218. The summed E-state index contributed by atoms with van der Waals surface area (Å²) in [7, 11) is 0. The molecule has 158 valence electrons. The van der Waals surface area contributed by atoms with Crippen molar-refractivity contribution in [3.63, 3.8) is 0 Å². The van der Waals surface area contributed by atoms with Crippen molar-refractivity contribution < 1.29 is 9.21 Å². The van der Waals surface area contributed by atoms with Gasteiger partial charge in [0.1, 0.15) is 5.58 Å². The Labute approximate surface area is 179 Å². The first-order chi connectivity index (χ1) is 15.1. The number of hydrogen-bond donors (Lipinski definition) is 1. The standard InChI is InChI=1S/C24H24N4O3/c1-2-22(29)27-11-9-16(14-27)15-28-23(25-26-24(28)30)18-5-3-17(4-6-18)19-7-8-21-20(13-19)10-12-31-21/h3-8,10,12-13,16H,2,9,11,14-15H2,1H3,(H,26,30). The molecule has 0 radical (unpaired) electrons. The summed E-state index contributed by atoms with van der Waals surface area (Å²) in [6.07, 6.45) is 3.11. The molecule has 31 heavy (non-hydrogen) atoms. The Morgan fingerprint density at radius 3 is 2.71 bits per heavy atom. The van der Waals surface area contributed by atoms with Gasteiger partial charge in [0.05, 0.1) is 6.26 Å². The molecular weight excluding hydrogens is 392 g/mol. The van der Waals surface area contributed by atoms with Gasteiger partial charge in [-0.15, -0.1) is 0 Å². The highest BCUT2D eigenvalue weighted by molar-refractivity contribution is 5.83. The van der Waals surface area contributed by atoms with E-state index in [4.69, 9.17) is 4.42 Å². The molecule has 0 spiro atoms. The van der Waals surface area contributed by atoms with E-state index in [9.17, 15) is 9.59 Å². The van der Waals surface area contributed by atoms with Crippen molar-refractivity contribution in [2.45, 2.75) is 26.3 Å². The van der Waals surface area contributed by atoms with E-state index in [1.807, 2.05) is 54.3 Å². The van der Waals surface area contributed by atoms with Crippen LogP contribution in [0.5, 0.6) is 0 Å². The molecule has 7 nitrogen and oxygen atoms in total. The zero-order valence-electron chi connectivity index (χ0n) is 17.4. The number of amides is 1. The summed E-state index contributed by atoms with van der Waals surface area (Å²) >= 11 is 0. The van der Waals surface area contributed by atoms with Crippen molar-refractivity contribution in [1.29, 1.82) is 0 Å². The number of benzene rings is 2. The molecule has 1 N–H and O–H groups in total. The number of hydrogen-bond acceptors (Lipinski definition) is 4. The highest BCUT2D eigenvalue weighted by atomic mass is 16.3. The lowest BCUT2D eigenvalue weighted by molar-refractivity contribution is -0.129. The van der Waals surface area contributed by atoms with Crippen molar-refractivity contribution in [3.8, 4) is 22.5 Å². The molecule has 1 aliphatic rings. The molecule has 1 saturated heterocycles. The third-order valence-corrected chi connectivity index (χ3v) is 6.07. The number of fused-ring (bicyclic) bond motifs is 1. The van der Waals surface area contributed by atoms with Gasteiger partial charge in [0.2, 0.25) is 5.91 Å². The monoisotopic (exact) mass is 416 g/mol. The summed E-state index contributed by atoms with van der Waals surface area (Å²) in [5, 5.41) is 7.92. The number of likely N-dealkylation sites (tertiary alicyclic amines) is 1. The van der Waals surface area contributed by atoms with Gasteiger partial charge in [-0.25, -0.2) is 9.89 Å². The summed E-state index contributed by atoms with van der Waals surface area (Å²) in [4.78, 5) is 26.3. The Morgan fingerprint density at radius 1 is 1.13 bits per heavy atom. The first kappa shape index (κ1) is 19.4. The minimum absolute atomic E-state index is 0.173. The number of rotatable bonds is 5. The van der Waals surface area contributed by atoms with Gasteiger partial charge in [-0.05, 0) is 41.7 Å². The van der Waals surface area contributed by atoms with Crippen LogP contribution in [0.4, 0.5) is 0 Å². The van der Waals surface area contributed by atoms with Gasteiger partial charge in [0.25, 0.3) is 0 Å². The molecule has 0 saturated carbocycles. The van der Waals surface area contributed by atoms with E-state index in [-0.39, 0.29) is 17.5 Å². The van der Waals surface area contributed by atoms with E-state index in [2.05, 4.69) is 16.3 Å². The number of aromatic amines is 1. The highest BCUT2D eigenvalue weighted by Gasteiger charge is 2.27. The third-order valence-electron chi connectivity index (χ3n) is 6.07. The van der Waals surface area contributed by atoms with Crippen molar-refractivity contribution in [1.82, 2.24) is 19.7 Å². The van der Waals surface area contributed by atoms with E-state index in [1.165, 1.54) is 0 Å². The maximum atomic E-state index is 12.4. The average molecular weight is 416 g/mol. The fourth-order valence-electron chi connectivity index (χ4n) is 4.36. The van der Waals surface area contributed by atoms with E-state index in [0.717, 1.165) is 40.6 Å². The van der Waals surface area contributed by atoms with Gasteiger partial charge < -0.3 is 9.32 Å². The average Bonchev–Trinajstić information content (AvgIpc) is 3.54. The van der Waals surface area contributed by atoms with Crippen LogP contribution in [0.15, 0.2) is 64.0 Å². The number of nitrogens with zero attached hydrogens (tertiary/aromatic N) is 3. The normalized spacial score (nSPS) is 16.3. The van der Waals surface area contributed by atoms with E-state index in [1.54, 1.807) is 10.8 Å². The van der Waals surface area contributed by atoms with Crippen molar-refractivity contribution in [3.05, 3.63) is 65.3 Å². The second-order valence-electron chi connectivity index (χ2n) is 8.06. The maximum Gasteiger partial charge on any atom is 0.343 e. The topological polar surface area (TPSA) is 84.1 Å². The summed E-state index contributed by atoms with van der Waals surface area (Å²) in [6.45, 7) is 3.89. The summed E-state index contributed by atoms with van der Waals surface area (Å²) in [5.74, 6) is 1.05. The number of furan rings is 1. The zero-order chi connectivity index (χ0) is 21.4. The smallest absolute Gasteiger partial charge is 0.343 e. The van der Waals surface area contributed by atoms with Crippen LogP contribution in [0.25, 0.3) is 33.5 Å². The van der Waals surface area contributed by atoms with Gasteiger partial charge in [0.15, 0.2) is 5.82 Å². The van der Waals surface area contributed by atoms with Gasteiger partial charge in [-0.3, -0.25) is 9.36 Å². The lowest BCUT2D eigenvalue weighted by Crippen LogP contribution is -2.29. The molecule has 1 aliphatic heterocycles. The van der Waals surface area contributed by atoms with Crippen molar-refractivity contribution >= 4 is 16.9 Å². The number of carbonyl (C=O) groups is 1. The van der Waals surface area contributed by atoms with E-state index in [0.29, 0.717) is 25.3 Å². The fraction of sp³-hybridized carbons (Fsp3) is 0.292. The first-order valence-electron chi connectivity index (χ1n) is 10.6. The molecule has 4 aromatic rings. The Bertz CT molecular complexity index is 1280. The lowest BCUT2D eigenvalue weighted by atomic mass is 10.0. The Morgan fingerprint density at radius 2 is 1.90 bits per heavy atom. The first-order valence-corrected chi connectivity index (χ1v) is 10.6. The molecule has 2 aromatic heterocycles. The summed E-state index contributed by atoms with van der Waals surface area (Å²) in [5.41, 5.74) is 3.72. The Balaban J connectivity index is 1.37. The van der Waals surface area contributed by atoms with Crippen LogP contribution < -0.4 is 5.69 Å². The maximum absolute atomic E-state index is 12.4. The molecule has 0 bridgehead atoms. The van der Waals surface area contributed by atoms with Gasteiger partial charge >= 0.3 is 5.69 Å². The number of H-pyrrole nitrogens is 1. The van der Waals surface area contributed by atoms with Gasteiger partial charge in [-0.2, -0.15) is 5.10 Å². The minimum Gasteiger partial charge on any atom is -0.464 e. The summed E-state index contributed by atoms with van der Waals surface area (Å²) < 4.78 is 7.11. The largest absolute Gasteiger partial charge is 0.464 e. The second-order valence-corrected chi connectivity index (χ2v) is 8.06. The third kappa shape index (κ3) is 3.67. The molecule has 7 heteroatoms. The van der Waals surface area contributed by atoms with Crippen LogP contribution >= 0.6 is 0 Å². The molecule has 3 heterocycles. The Kier molecular flexibility index (Phi) is 4.94. The highest BCUT2D eigenvalue weighted by Crippen LogP contribution is 2.27. The van der Waals surface area contributed by atoms with Crippen LogP contribution in [0, 0.1) is 5.92 Å². The molecule has 1 atom stereocenters. The second kappa shape index (κ2) is 7.91. The van der Waals surface area contributed by atoms with Crippen molar-refractivity contribution in [2.24, 2.45) is 5.92 Å². The molecule has 1 unspecified atom stereocenters.